The number of fused-ring (bicyclic) bond motifs is 1. The lowest BCUT2D eigenvalue weighted by Gasteiger charge is -2.26. The predicted molar refractivity (Wildman–Crippen MR) is 155 cm³/mol. The Morgan fingerprint density at radius 1 is 0.811 bits per heavy atom. The van der Waals surface area contributed by atoms with E-state index in [1.54, 1.807) is 0 Å². The quantitative estimate of drug-likeness (QED) is 0.242. The fourth-order valence-electron chi connectivity index (χ4n) is 4.95. The van der Waals surface area contributed by atoms with Crippen LogP contribution in [-0.4, -0.2) is 36.3 Å². The second kappa shape index (κ2) is 14.5. The fourth-order valence-corrected chi connectivity index (χ4v) is 4.95. The molecule has 1 heterocycles. The summed E-state index contributed by atoms with van der Waals surface area (Å²) < 4.78 is 0. The molecule has 0 aliphatic carbocycles. The fraction of sp³-hybridized carbons (Fsp3) is 0.469. The van der Waals surface area contributed by atoms with Crippen molar-refractivity contribution in [2.75, 3.05) is 24.5 Å². The Hall–Kier alpha value is -3.21. The van der Waals surface area contributed by atoms with E-state index < -0.39 is 0 Å². The summed E-state index contributed by atoms with van der Waals surface area (Å²) in [6.07, 6.45) is 4.94. The van der Waals surface area contributed by atoms with E-state index in [2.05, 4.69) is 80.4 Å². The Kier molecular flexibility index (Phi) is 11.1. The highest BCUT2D eigenvalue weighted by atomic mass is 16.2. The summed E-state index contributed by atoms with van der Waals surface area (Å²) in [7, 11) is 0. The third kappa shape index (κ3) is 7.88. The number of carbonyl (C=O) groups is 2. The first kappa shape index (κ1) is 28.4. The molecule has 0 aliphatic heterocycles. The molecule has 1 aromatic heterocycles. The highest BCUT2D eigenvalue weighted by Crippen LogP contribution is 2.24. The van der Waals surface area contributed by atoms with Gasteiger partial charge < -0.3 is 10.2 Å². The van der Waals surface area contributed by atoms with Gasteiger partial charge in [0.05, 0.1) is 11.2 Å². The van der Waals surface area contributed by atoms with Gasteiger partial charge in [-0.25, -0.2) is 4.98 Å². The molecule has 2 aromatic carbocycles. The largest absolute Gasteiger partial charge is 0.370 e. The van der Waals surface area contributed by atoms with Gasteiger partial charge in [0.15, 0.2) is 0 Å². The summed E-state index contributed by atoms with van der Waals surface area (Å²) in [5, 5.41) is 4.25. The number of hydrogen-bond acceptors (Lipinski definition) is 4. The second-order valence-corrected chi connectivity index (χ2v) is 9.81. The molecule has 198 valence electrons. The summed E-state index contributed by atoms with van der Waals surface area (Å²) in [5.74, 6) is 0.734. The molecule has 0 bridgehead atoms. The van der Waals surface area contributed by atoms with Crippen LogP contribution >= 0.6 is 0 Å². The zero-order chi connectivity index (χ0) is 26.6. The van der Waals surface area contributed by atoms with Crippen LogP contribution in [0.25, 0.3) is 22.2 Å². The molecule has 0 spiro atoms. The van der Waals surface area contributed by atoms with Crippen LogP contribution in [0.3, 0.4) is 0 Å². The Bertz CT molecular complexity index is 1100. The van der Waals surface area contributed by atoms with Crippen molar-refractivity contribution in [1.29, 1.82) is 0 Å². The molecule has 0 saturated heterocycles. The van der Waals surface area contributed by atoms with Gasteiger partial charge in [0.25, 0.3) is 0 Å². The molecule has 1 N–H and O–H groups in total. The third-order valence-corrected chi connectivity index (χ3v) is 7.46. The highest BCUT2D eigenvalue weighted by molar-refractivity contribution is 5.82. The second-order valence-electron chi connectivity index (χ2n) is 9.81. The average molecular weight is 502 g/mol. The number of amides is 1. The van der Waals surface area contributed by atoms with E-state index in [-0.39, 0.29) is 17.7 Å². The van der Waals surface area contributed by atoms with E-state index in [4.69, 9.17) is 4.98 Å². The minimum absolute atomic E-state index is 0.0693. The molecule has 0 radical (unpaired) electrons. The lowest BCUT2D eigenvalue weighted by Crippen LogP contribution is -2.38. The minimum atomic E-state index is 0.0693. The lowest BCUT2D eigenvalue weighted by atomic mass is 9.95. The number of nitrogens with zero attached hydrogens (tertiary/aromatic N) is 2. The number of para-hydroxylation sites is 1. The number of benzene rings is 2. The molecule has 0 unspecified atom stereocenters. The smallest absolute Gasteiger partial charge is 0.223 e. The number of hydrogen-bond donors (Lipinski definition) is 1. The molecular weight excluding hydrogens is 458 g/mol. The summed E-state index contributed by atoms with van der Waals surface area (Å²) in [4.78, 5) is 32.2. The molecule has 3 aromatic rings. The third-order valence-electron chi connectivity index (χ3n) is 7.46. The monoisotopic (exact) mass is 501 g/mol. The number of nitrogens with one attached hydrogen (secondary N) is 1. The number of pyridine rings is 1. The lowest BCUT2D eigenvalue weighted by molar-refractivity contribution is -0.125. The van der Waals surface area contributed by atoms with Crippen LogP contribution in [-0.2, 0) is 9.59 Å². The summed E-state index contributed by atoms with van der Waals surface area (Å²) in [6, 6.07) is 20.8. The maximum Gasteiger partial charge on any atom is 0.223 e. The molecule has 0 aliphatic rings. The van der Waals surface area contributed by atoms with Crippen LogP contribution in [0.15, 0.2) is 60.7 Å². The van der Waals surface area contributed by atoms with Crippen LogP contribution in [0.5, 0.6) is 0 Å². The van der Waals surface area contributed by atoms with Crippen LogP contribution in [0.4, 0.5) is 5.69 Å². The van der Waals surface area contributed by atoms with Crippen LogP contribution in [0.2, 0.25) is 0 Å². The van der Waals surface area contributed by atoms with Crippen molar-refractivity contribution in [1.82, 2.24) is 10.3 Å². The van der Waals surface area contributed by atoms with Crippen molar-refractivity contribution < 1.29 is 9.59 Å². The Labute approximate surface area is 222 Å². The van der Waals surface area contributed by atoms with Crippen molar-refractivity contribution in [2.45, 2.75) is 66.2 Å². The van der Waals surface area contributed by atoms with E-state index in [1.165, 1.54) is 0 Å². The van der Waals surface area contributed by atoms with E-state index in [0.717, 1.165) is 66.5 Å². The summed E-state index contributed by atoms with van der Waals surface area (Å²) >= 11 is 0. The van der Waals surface area contributed by atoms with Gasteiger partial charge in [-0.05, 0) is 56.4 Å². The normalized spacial score (nSPS) is 11.3. The topological polar surface area (TPSA) is 62.3 Å². The van der Waals surface area contributed by atoms with Gasteiger partial charge >= 0.3 is 0 Å². The van der Waals surface area contributed by atoms with Crippen LogP contribution in [0, 0.1) is 11.8 Å². The van der Waals surface area contributed by atoms with Crippen molar-refractivity contribution >= 4 is 28.3 Å². The standard InChI is InChI=1S/C32H43N3O2/c1-5-24(6-2)31(36)14-11-22-35(23-21-33-32(37)25(7-3)8-4)28-18-15-27(16-19-28)30-20-17-26-12-9-10-13-29(26)34-30/h9-10,12-13,15-20,24-25H,5-8,11,14,21-23H2,1-4H3,(H,33,37). The van der Waals surface area contributed by atoms with Gasteiger partial charge in [0, 0.05) is 54.5 Å². The molecule has 5 heteroatoms. The van der Waals surface area contributed by atoms with E-state index in [1.807, 2.05) is 18.2 Å². The van der Waals surface area contributed by atoms with Crippen LogP contribution in [0.1, 0.15) is 66.2 Å². The maximum atomic E-state index is 12.6. The molecule has 37 heavy (non-hydrogen) atoms. The summed E-state index contributed by atoms with van der Waals surface area (Å²) in [5.41, 5.74) is 4.10. The number of aromatic nitrogens is 1. The number of carbonyl (C=O) groups excluding carboxylic acids is 2. The molecule has 5 nitrogen and oxygen atoms in total. The van der Waals surface area contributed by atoms with E-state index >= 15 is 0 Å². The molecule has 0 fully saturated rings. The molecule has 1 amide bonds. The Morgan fingerprint density at radius 3 is 2.16 bits per heavy atom. The van der Waals surface area contributed by atoms with Gasteiger partial charge in [-0.2, -0.15) is 0 Å². The Morgan fingerprint density at radius 2 is 1.49 bits per heavy atom. The average Bonchev–Trinajstić information content (AvgIpc) is 2.93. The Balaban J connectivity index is 1.70. The first-order chi connectivity index (χ1) is 18.0. The molecule has 0 atom stereocenters. The predicted octanol–water partition coefficient (Wildman–Crippen LogP) is 7.05. The molecule has 3 rings (SSSR count). The maximum absolute atomic E-state index is 12.6. The number of anilines is 1. The van der Waals surface area contributed by atoms with Gasteiger partial charge in [0.1, 0.15) is 5.78 Å². The number of rotatable bonds is 15. The van der Waals surface area contributed by atoms with Crippen LogP contribution < -0.4 is 10.2 Å². The zero-order valence-corrected chi connectivity index (χ0v) is 23.0. The van der Waals surface area contributed by atoms with Gasteiger partial charge in [-0.15, -0.1) is 0 Å². The van der Waals surface area contributed by atoms with E-state index in [9.17, 15) is 9.59 Å². The highest BCUT2D eigenvalue weighted by Gasteiger charge is 2.16. The number of ketones is 1. The van der Waals surface area contributed by atoms with Gasteiger partial charge in [0.2, 0.25) is 5.91 Å². The minimum Gasteiger partial charge on any atom is -0.370 e. The van der Waals surface area contributed by atoms with E-state index in [0.29, 0.717) is 25.3 Å². The SMILES string of the molecule is CCC(CC)C(=O)CCCN(CCNC(=O)C(CC)CC)c1ccc(-c2ccc3ccccc3n2)cc1. The first-order valence-electron chi connectivity index (χ1n) is 14.0. The van der Waals surface area contributed by atoms with Crippen molar-refractivity contribution in [3.63, 3.8) is 0 Å². The number of Topliss-reactive ketones (excluding diaryl/α,β-unsaturated/α-hetero) is 1. The zero-order valence-electron chi connectivity index (χ0n) is 23.0. The summed E-state index contributed by atoms with van der Waals surface area (Å²) in [6.45, 7) is 10.4. The molecule has 0 saturated carbocycles. The van der Waals surface area contributed by atoms with Crippen molar-refractivity contribution in [3.05, 3.63) is 60.7 Å². The van der Waals surface area contributed by atoms with Crippen molar-refractivity contribution in [3.8, 4) is 11.3 Å². The first-order valence-corrected chi connectivity index (χ1v) is 14.0. The van der Waals surface area contributed by atoms with Gasteiger partial charge in [-0.3, -0.25) is 9.59 Å². The van der Waals surface area contributed by atoms with Gasteiger partial charge in [-0.1, -0.05) is 64.1 Å². The van der Waals surface area contributed by atoms with Crippen molar-refractivity contribution in [2.24, 2.45) is 11.8 Å². The molecular formula is C32H43N3O2.